The van der Waals surface area contributed by atoms with Gasteiger partial charge in [0.15, 0.2) is 5.65 Å². The lowest BCUT2D eigenvalue weighted by Crippen LogP contribution is -2.56. The van der Waals surface area contributed by atoms with Crippen molar-refractivity contribution in [1.29, 1.82) is 0 Å². The monoisotopic (exact) mass is 429 g/mol. The first kappa shape index (κ1) is 21.0. The zero-order chi connectivity index (χ0) is 22.0. The van der Waals surface area contributed by atoms with Gasteiger partial charge in [0.05, 0.1) is 29.4 Å². The molecule has 0 atom stereocenters. The first-order valence-corrected chi connectivity index (χ1v) is 10.4. The number of amides is 2. The molecule has 0 spiro atoms. The third kappa shape index (κ3) is 3.58. The number of aromatic nitrogens is 3. The van der Waals surface area contributed by atoms with Gasteiger partial charge in [-0.3, -0.25) is 9.59 Å². The predicted octanol–water partition coefficient (Wildman–Crippen LogP) is 0.397. The van der Waals surface area contributed by atoms with Crippen molar-refractivity contribution in [3.05, 3.63) is 18.0 Å². The number of likely N-dealkylation sites (N-methyl/N-ethyl adjacent to an activating group) is 2. The van der Waals surface area contributed by atoms with Crippen molar-refractivity contribution < 1.29 is 19.2 Å². The van der Waals surface area contributed by atoms with Crippen LogP contribution in [-0.4, -0.2) is 71.2 Å². The zero-order valence-corrected chi connectivity index (χ0v) is 17.9. The molecule has 2 aromatic heterocycles. The van der Waals surface area contributed by atoms with Crippen LogP contribution in [0.2, 0.25) is 0 Å². The molecule has 0 saturated carbocycles. The van der Waals surface area contributed by atoms with Gasteiger partial charge in [-0.15, -0.1) is 0 Å². The molecule has 4 rings (SSSR count). The van der Waals surface area contributed by atoms with Crippen molar-refractivity contribution in [2.24, 2.45) is 5.16 Å². The summed E-state index contributed by atoms with van der Waals surface area (Å²) in [7, 11) is 2.92. The number of oxime groups is 1. The molecule has 1 saturated heterocycles. The smallest absolute Gasteiger partial charge is 0.297 e. The standard InChI is InChI=1S/C20H27N7O4/c1-4-27-17-14(11-24-27)16(25-12-5-7-30-8-6-12)13(10-23-17)15-9-20(31-26-15,18(28)21-2)19(29)22-3/h10-12H,4-9H2,1-3H3,(H,21,28)(H,22,29)(H,23,25). The number of nitrogens with zero attached hydrogens (tertiary/aromatic N) is 4. The number of hydrogen-bond acceptors (Lipinski definition) is 8. The Labute approximate surface area is 179 Å². The molecule has 4 heterocycles. The van der Waals surface area contributed by atoms with Crippen molar-refractivity contribution in [3.8, 4) is 0 Å². The van der Waals surface area contributed by atoms with E-state index in [1.165, 1.54) is 14.1 Å². The van der Waals surface area contributed by atoms with Gasteiger partial charge in [0.2, 0.25) is 0 Å². The van der Waals surface area contributed by atoms with Crippen LogP contribution in [0.5, 0.6) is 0 Å². The third-order valence-electron chi connectivity index (χ3n) is 5.76. The van der Waals surface area contributed by atoms with Gasteiger partial charge in [0, 0.05) is 51.7 Å². The van der Waals surface area contributed by atoms with Crippen LogP contribution in [0.15, 0.2) is 17.5 Å². The number of nitrogens with one attached hydrogen (secondary N) is 3. The quantitative estimate of drug-likeness (QED) is 0.566. The van der Waals surface area contributed by atoms with E-state index in [4.69, 9.17) is 9.57 Å². The van der Waals surface area contributed by atoms with Crippen molar-refractivity contribution in [2.75, 3.05) is 32.6 Å². The molecule has 2 amide bonds. The minimum atomic E-state index is -1.75. The number of carbonyl (C=O) groups is 2. The third-order valence-corrected chi connectivity index (χ3v) is 5.76. The molecule has 2 aliphatic rings. The van der Waals surface area contributed by atoms with Crippen LogP contribution in [-0.2, 0) is 25.7 Å². The first-order chi connectivity index (χ1) is 15.0. The fourth-order valence-electron chi connectivity index (χ4n) is 4.01. The molecule has 11 heteroatoms. The van der Waals surface area contributed by atoms with Gasteiger partial charge >= 0.3 is 0 Å². The summed E-state index contributed by atoms with van der Waals surface area (Å²) in [5, 5.41) is 18.0. The maximum atomic E-state index is 12.5. The van der Waals surface area contributed by atoms with Crippen molar-refractivity contribution in [1.82, 2.24) is 25.4 Å². The Kier molecular flexibility index (Phi) is 5.77. The lowest BCUT2D eigenvalue weighted by atomic mass is 9.91. The maximum Gasteiger partial charge on any atom is 0.297 e. The molecule has 0 aromatic carbocycles. The number of anilines is 1. The lowest BCUT2D eigenvalue weighted by molar-refractivity contribution is -0.157. The molecule has 0 unspecified atom stereocenters. The van der Waals surface area contributed by atoms with Crippen molar-refractivity contribution in [2.45, 2.75) is 44.4 Å². The molecule has 0 aliphatic carbocycles. The van der Waals surface area contributed by atoms with E-state index in [0.717, 1.165) is 29.6 Å². The second-order valence-corrected chi connectivity index (χ2v) is 7.57. The molecule has 2 aromatic rings. The molecule has 3 N–H and O–H groups in total. The Morgan fingerprint density at radius 2 is 1.90 bits per heavy atom. The summed E-state index contributed by atoms with van der Waals surface area (Å²) in [6, 6.07) is 0.216. The van der Waals surface area contributed by atoms with E-state index in [-0.39, 0.29) is 12.5 Å². The van der Waals surface area contributed by atoms with Crippen molar-refractivity contribution in [3.63, 3.8) is 0 Å². The Hall–Kier alpha value is -3.21. The van der Waals surface area contributed by atoms with Gasteiger partial charge < -0.3 is 25.5 Å². The molecule has 0 radical (unpaired) electrons. The summed E-state index contributed by atoms with van der Waals surface area (Å²) < 4.78 is 7.30. The average molecular weight is 429 g/mol. The van der Waals surface area contributed by atoms with Gasteiger partial charge in [-0.2, -0.15) is 5.10 Å². The second-order valence-electron chi connectivity index (χ2n) is 7.57. The van der Waals surface area contributed by atoms with E-state index in [9.17, 15) is 9.59 Å². The Bertz CT molecular complexity index is 1010. The highest BCUT2D eigenvalue weighted by atomic mass is 16.7. The van der Waals surface area contributed by atoms with E-state index in [0.29, 0.717) is 31.0 Å². The number of fused-ring (bicyclic) bond motifs is 1. The topological polar surface area (TPSA) is 132 Å². The molecule has 2 aliphatic heterocycles. The maximum absolute atomic E-state index is 12.5. The Balaban J connectivity index is 1.75. The average Bonchev–Trinajstić information content (AvgIpc) is 3.44. The number of hydrogen-bond donors (Lipinski definition) is 3. The minimum Gasteiger partial charge on any atom is -0.381 e. The van der Waals surface area contributed by atoms with E-state index in [2.05, 4.69) is 31.2 Å². The fraction of sp³-hybridized carbons (Fsp3) is 0.550. The van der Waals surface area contributed by atoms with Crippen LogP contribution in [0.1, 0.15) is 31.7 Å². The molecule has 166 valence electrons. The van der Waals surface area contributed by atoms with E-state index >= 15 is 0 Å². The van der Waals surface area contributed by atoms with Crippen LogP contribution in [0.3, 0.4) is 0 Å². The largest absolute Gasteiger partial charge is 0.381 e. The summed E-state index contributed by atoms with van der Waals surface area (Å²) in [5.74, 6) is -1.12. The molecule has 0 bridgehead atoms. The number of carbonyl (C=O) groups excluding carboxylic acids is 2. The van der Waals surface area contributed by atoms with Crippen LogP contribution in [0.4, 0.5) is 5.69 Å². The fourth-order valence-corrected chi connectivity index (χ4v) is 4.01. The Morgan fingerprint density at radius 3 is 2.55 bits per heavy atom. The number of aryl methyl sites for hydroxylation is 1. The van der Waals surface area contributed by atoms with Crippen molar-refractivity contribution >= 4 is 34.2 Å². The highest BCUT2D eigenvalue weighted by molar-refractivity contribution is 6.18. The van der Waals surface area contributed by atoms with Gasteiger partial charge in [-0.1, -0.05) is 5.16 Å². The number of pyridine rings is 1. The van der Waals surface area contributed by atoms with Gasteiger partial charge in [-0.05, 0) is 19.8 Å². The highest BCUT2D eigenvalue weighted by Gasteiger charge is 2.53. The van der Waals surface area contributed by atoms with E-state index in [1.54, 1.807) is 12.4 Å². The van der Waals surface area contributed by atoms with Gasteiger partial charge in [-0.25, -0.2) is 9.67 Å². The summed E-state index contributed by atoms with van der Waals surface area (Å²) in [4.78, 5) is 35.1. The predicted molar refractivity (Wildman–Crippen MR) is 114 cm³/mol. The van der Waals surface area contributed by atoms with Gasteiger partial charge in [0.1, 0.15) is 0 Å². The van der Waals surface area contributed by atoms with Crippen LogP contribution in [0, 0.1) is 0 Å². The van der Waals surface area contributed by atoms with Gasteiger partial charge in [0.25, 0.3) is 17.4 Å². The lowest BCUT2D eigenvalue weighted by Gasteiger charge is -2.26. The first-order valence-electron chi connectivity index (χ1n) is 10.4. The van der Waals surface area contributed by atoms with E-state index < -0.39 is 17.4 Å². The SMILES string of the molecule is CCn1ncc2c(NC3CCOCC3)c(C3=NOC(C(=O)NC)(C(=O)NC)C3)cnc21. The molecular formula is C20H27N7O4. The normalized spacial score (nSPS) is 18.4. The second kappa shape index (κ2) is 8.50. The Morgan fingerprint density at radius 1 is 1.19 bits per heavy atom. The summed E-state index contributed by atoms with van der Waals surface area (Å²) in [6.07, 6.45) is 5.20. The summed E-state index contributed by atoms with van der Waals surface area (Å²) in [6.45, 7) is 4.07. The summed E-state index contributed by atoms with van der Waals surface area (Å²) in [5.41, 5.74) is 0.981. The van der Waals surface area contributed by atoms with E-state index in [1.807, 2.05) is 11.6 Å². The molecular weight excluding hydrogens is 402 g/mol. The minimum absolute atomic E-state index is 0.0100. The van der Waals surface area contributed by atoms with Crippen LogP contribution < -0.4 is 16.0 Å². The molecule has 31 heavy (non-hydrogen) atoms. The molecule has 1 fully saturated rings. The number of rotatable bonds is 6. The molecule has 11 nitrogen and oxygen atoms in total. The summed E-state index contributed by atoms with van der Waals surface area (Å²) >= 11 is 0. The van der Waals surface area contributed by atoms with Crippen LogP contribution in [0.25, 0.3) is 11.0 Å². The van der Waals surface area contributed by atoms with Crippen LogP contribution >= 0.6 is 0 Å². The highest BCUT2D eigenvalue weighted by Crippen LogP contribution is 2.34. The number of ether oxygens (including phenoxy) is 1. The zero-order valence-electron chi connectivity index (χ0n) is 17.9.